The van der Waals surface area contributed by atoms with E-state index in [2.05, 4.69) is 50.8 Å². The number of hydrogen-bond acceptors (Lipinski definition) is 5. The molecule has 160 valence electrons. The molecule has 1 aromatic heterocycles. The maximum atomic E-state index is 5.82. The lowest BCUT2D eigenvalue weighted by atomic mass is 9.88. The Morgan fingerprint density at radius 1 is 0.903 bits per heavy atom. The van der Waals surface area contributed by atoms with Crippen LogP contribution in [0.4, 0.5) is 0 Å². The van der Waals surface area contributed by atoms with Crippen LogP contribution in [0.3, 0.4) is 0 Å². The molecule has 9 nitrogen and oxygen atoms in total. The van der Waals surface area contributed by atoms with Crippen molar-refractivity contribution in [2.75, 3.05) is 0 Å². The maximum Gasteiger partial charge on any atom is 0.211 e. The van der Waals surface area contributed by atoms with Crippen molar-refractivity contribution in [1.29, 1.82) is 0 Å². The molecule has 1 aromatic carbocycles. The number of allylic oxidation sites excluding steroid dienone is 4. The van der Waals surface area contributed by atoms with Gasteiger partial charge in [0, 0.05) is 5.57 Å². The monoisotopic (exact) mass is 418 g/mol. The first kappa shape index (κ1) is 21.6. The van der Waals surface area contributed by atoms with Gasteiger partial charge < -0.3 is 27.4 Å². The van der Waals surface area contributed by atoms with Crippen LogP contribution >= 0.6 is 0 Å². The van der Waals surface area contributed by atoms with Gasteiger partial charge in [0.15, 0.2) is 0 Å². The van der Waals surface area contributed by atoms with Crippen LogP contribution in [0.25, 0.3) is 5.57 Å². The molecule has 1 heterocycles. The molecular weight excluding hydrogens is 392 g/mol. The van der Waals surface area contributed by atoms with Gasteiger partial charge in [-0.05, 0) is 48.4 Å². The van der Waals surface area contributed by atoms with E-state index in [0.29, 0.717) is 11.7 Å². The molecule has 0 saturated heterocycles. The Bertz CT molecular complexity index is 1050. The van der Waals surface area contributed by atoms with Crippen molar-refractivity contribution >= 4 is 29.9 Å². The minimum absolute atomic E-state index is 0.0635. The number of nitrogens with two attached hydrogens (primary N) is 4. The van der Waals surface area contributed by atoms with Crippen molar-refractivity contribution < 1.29 is 4.42 Å². The van der Waals surface area contributed by atoms with Crippen LogP contribution in [0.1, 0.15) is 47.8 Å². The largest absolute Gasteiger partial charge is 0.455 e. The molecule has 1 aliphatic rings. The predicted molar refractivity (Wildman–Crippen MR) is 126 cm³/mol. The van der Waals surface area contributed by atoms with Crippen LogP contribution in [0.15, 0.2) is 79.4 Å². The van der Waals surface area contributed by atoms with Gasteiger partial charge in [-0.25, -0.2) is 0 Å². The topological polar surface area (TPSA) is 167 Å². The molecule has 3 rings (SSSR count). The van der Waals surface area contributed by atoms with Crippen molar-refractivity contribution in [3.05, 3.63) is 77.3 Å². The minimum atomic E-state index is -0.100. The lowest BCUT2D eigenvalue weighted by molar-refractivity contribution is 0.546. The third-order valence-corrected chi connectivity index (χ3v) is 4.65. The van der Waals surface area contributed by atoms with Gasteiger partial charge in [0.05, 0.1) is 12.4 Å². The second kappa shape index (κ2) is 10.6. The fraction of sp³-hybridized carbons (Fsp3) is 0.182. The number of nitrogens with zero attached hydrogens (tertiary/aromatic N) is 4. The number of guanidine groups is 2. The maximum absolute atomic E-state index is 5.82. The summed E-state index contributed by atoms with van der Waals surface area (Å²) in [7, 11) is 0. The summed E-state index contributed by atoms with van der Waals surface area (Å²) >= 11 is 0. The first-order valence-corrected chi connectivity index (χ1v) is 9.82. The van der Waals surface area contributed by atoms with Crippen LogP contribution in [0.5, 0.6) is 0 Å². The zero-order valence-electron chi connectivity index (χ0n) is 17.1. The number of benzene rings is 1. The fourth-order valence-corrected chi connectivity index (χ4v) is 3.22. The molecule has 0 aliphatic heterocycles. The van der Waals surface area contributed by atoms with Crippen molar-refractivity contribution in [3.8, 4) is 0 Å². The highest BCUT2D eigenvalue weighted by Gasteiger charge is 2.13. The Morgan fingerprint density at radius 2 is 1.61 bits per heavy atom. The highest BCUT2D eigenvalue weighted by atomic mass is 16.3. The highest BCUT2D eigenvalue weighted by Crippen LogP contribution is 2.30. The van der Waals surface area contributed by atoms with Crippen LogP contribution in [-0.4, -0.2) is 24.3 Å². The zero-order chi connectivity index (χ0) is 22.1. The molecule has 0 amide bonds. The van der Waals surface area contributed by atoms with E-state index in [1.807, 2.05) is 24.3 Å². The van der Waals surface area contributed by atoms with E-state index >= 15 is 0 Å². The number of hydrogen-bond donors (Lipinski definition) is 4. The predicted octanol–water partition coefficient (Wildman–Crippen LogP) is 2.40. The summed E-state index contributed by atoms with van der Waals surface area (Å²) < 4.78 is 5.82. The van der Waals surface area contributed by atoms with Crippen molar-refractivity contribution in [1.82, 2.24) is 0 Å². The summed E-state index contributed by atoms with van der Waals surface area (Å²) in [6.45, 7) is 0. The molecule has 0 radical (unpaired) electrons. The molecule has 8 N–H and O–H groups in total. The number of rotatable bonds is 6. The Hall–Kier alpha value is -4.14. The summed E-state index contributed by atoms with van der Waals surface area (Å²) in [5, 5.41) is 14.8. The molecule has 2 aromatic rings. The molecule has 0 fully saturated rings. The quantitative estimate of drug-likeness (QED) is 0.320. The highest BCUT2D eigenvalue weighted by molar-refractivity contribution is 5.82. The van der Waals surface area contributed by atoms with Crippen molar-refractivity contribution in [2.45, 2.75) is 25.2 Å². The molecule has 1 unspecified atom stereocenters. The lowest BCUT2D eigenvalue weighted by Gasteiger charge is -2.17. The smallest absolute Gasteiger partial charge is 0.211 e. The van der Waals surface area contributed by atoms with E-state index in [1.54, 1.807) is 6.21 Å². The summed E-state index contributed by atoms with van der Waals surface area (Å²) in [6, 6.07) is 12.0. The average molecular weight is 419 g/mol. The van der Waals surface area contributed by atoms with Gasteiger partial charge in [-0.15, -0.1) is 10.2 Å². The van der Waals surface area contributed by atoms with Gasteiger partial charge in [-0.3, -0.25) is 0 Å². The van der Waals surface area contributed by atoms with Crippen LogP contribution in [-0.2, 0) is 0 Å². The molecule has 9 heteroatoms. The summed E-state index contributed by atoms with van der Waals surface area (Å²) in [4.78, 5) is 0. The molecule has 31 heavy (non-hydrogen) atoms. The van der Waals surface area contributed by atoms with Crippen molar-refractivity contribution in [2.24, 2.45) is 43.3 Å². The molecule has 0 spiro atoms. The minimum Gasteiger partial charge on any atom is -0.455 e. The molecule has 1 aliphatic carbocycles. The van der Waals surface area contributed by atoms with E-state index in [4.69, 9.17) is 27.4 Å². The second-order valence-corrected chi connectivity index (χ2v) is 6.98. The van der Waals surface area contributed by atoms with E-state index in [-0.39, 0.29) is 11.9 Å². The first-order valence-electron chi connectivity index (χ1n) is 9.82. The summed E-state index contributed by atoms with van der Waals surface area (Å²) in [5.74, 6) is 1.64. The molecule has 0 bridgehead atoms. The average Bonchev–Trinajstić information content (AvgIpc) is 3.17. The van der Waals surface area contributed by atoms with Gasteiger partial charge in [0.2, 0.25) is 11.9 Å². The summed E-state index contributed by atoms with van der Waals surface area (Å²) in [5.41, 5.74) is 24.3. The molecule has 1 atom stereocenters. The van der Waals surface area contributed by atoms with Crippen LogP contribution < -0.4 is 22.9 Å². The SMILES string of the molecule is NC(N)=N/N=C/c1ccc(C2C/C=C\C(c3ccc(/C=N/N=C(N)N)o3)=C/CC2)cc1. The van der Waals surface area contributed by atoms with Crippen LogP contribution in [0.2, 0.25) is 0 Å². The van der Waals surface area contributed by atoms with E-state index < -0.39 is 0 Å². The Morgan fingerprint density at radius 3 is 2.32 bits per heavy atom. The van der Waals surface area contributed by atoms with Gasteiger partial charge in [-0.2, -0.15) is 10.2 Å². The lowest BCUT2D eigenvalue weighted by Crippen LogP contribution is -2.21. The molecule has 0 saturated carbocycles. The Kier molecular flexibility index (Phi) is 7.36. The Labute approximate surface area is 180 Å². The Balaban J connectivity index is 1.62. The zero-order valence-corrected chi connectivity index (χ0v) is 17.1. The van der Waals surface area contributed by atoms with Crippen molar-refractivity contribution in [3.63, 3.8) is 0 Å². The van der Waals surface area contributed by atoms with Crippen LogP contribution in [0, 0.1) is 0 Å². The van der Waals surface area contributed by atoms with Gasteiger partial charge >= 0.3 is 0 Å². The van der Waals surface area contributed by atoms with E-state index in [0.717, 1.165) is 36.2 Å². The normalized spacial score (nSPS) is 19.4. The van der Waals surface area contributed by atoms with E-state index in [1.165, 1.54) is 11.8 Å². The fourth-order valence-electron chi connectivity index (χ4n) is 3.22. The number of furan rings is 1. The second-order valence-electron chi connectivity index (χ2n) is 6.98. The molecular formula is C22H26N8O. The van der Waals surface area contributed by atoms with Gasteiger partial charge in [0.25, 0.3) is 0 Å². The third kappa shape index (κ3) is 6.70. The summed E-state index contributed by atoms with van der Waals surface area (Å²) in [6.07, 6.45) is 12.5. The van der Waals surface area contributed by atoms with E-state index in [9.17, 15) is 0 Å². The first-order chi connectivity index (χ1) is 15.0. The van der Waals surface area contributed by atoms with Gasteiger partial charge in [-0.1, -0.05) is 42.5 Å². The third-order valence-electron chi connectivity index (χ3n) is 4.65. The van der Waals surface area contributed by atoms with Gasteiger partial charge in [0.1, 0.15) is 11.5 Å². The standard InChI is InChI=1S/C22H26N8O/c23-21(24)29-27-13-15-7-9-17(10-8-15)16-3-1-5-18(6-2-4-16)20-12-11-19(31-20)14-28-30-22(25)26/h1,5-14,16H,2-4H2,(H4,23,24,29)(H4,25,26,30)/b5-1-,18-6+,27-13+,28-14+.